The summed E-state index contributed by atoms with van der Waals surface area (Å²) >= 11 is 0. The number of fused-ring (bicyclic) bond motifs is 1. The van der Waals surface area contributed by atoms with E-state index < -0.39 is 29.1 Å². The van der Waals surface area contributed by atoms with Crippen molar-refractivity contribution in [2.45, 2.75) is 43.6 Å². The molecule has 5 atom stereocenters. The van der Waals surface area contributed by atoms with Gasteiger partial charge in [0.1, 0.15) is 11.6 Å². The van der Waals surface area contributed by atoms with E-state index in [1.165, 1.54) is 4.90 Å². The number of nitrogens with zero attached hydrogens (tertiary/aromatic N) is 4. The van der Waals surface area contributed by atoms with Crippen molar-refractivity contribution in [2.24, 2.45) is 11.8 Å². The van der Waals surface area contributed by atoms with Gasteiger partial charge in [-0.2, -0.15) is 0 Å². The van der Waals surface area contributed by atoms with Gasteiger partial charge in [-0.3, -0.25) is 19.3 Å². The van der Waals surface area contributed by atoms with Gasteiger partial charge in [0.25, 0.3) is 0 Å². The highest BCUT2D eigenvalue weighted by atomic mass is 16.5. The van der Waals surface area contributed by atoms with Gasteiger partial charge in [-0.1, -0.05) is 42.5 Å². The first-order valence-electron chi connectivity index (χ1n) is 15.0. The monoisotopic (exact) mass is 580 g/mol. The molecule has 10 nitrogen and oxygen atoms in total. The van der Waals surface area contributed by atoms with Crippen molar-refractivity contribution in [3.63, 3.8) is 0 Å². The van der Waals surface area contributed by atoms with Crippen LogP contribution in [0.15, 0.2) is 55.6 Å². The van der Waals surface area contributed by atoms with Crippen LogP contribution in [0.4, 0.5) is 0 Å². The molecule has 1 aromatic carbocycles. The van der Waals surface area contributed by atoms with Gasteiger partial charge >= 0.3 is 0 Å². The van der Waals surface area contributed by atoms with Crippen LogP contribution >= 0.6 is 0 Å². The van der Waals surface area contributed by atoms with E-state index in [0.717, 1.165) is 18.7 Å². The molecule has 0 aliphatic carbocycles. The average Bonchev–Trinajstić information content (AvgIpc) is 3.56. The van der Waals surface area contributed by atoms with Crippen molar-refractivity contribution < 1.29 is 29.0 Å². The summed E-state index contributed by atoms with van der Waals surface area (Å²) in [5.41, 5.74) is -1.04. The normalized spacial score (nSPS) is 30.3. The highest BCUT2D eigenvalue weighted by Crippen LogP contribution is 2.63. The molecule has 10 heteroatoms. The lowest BCUT2D eigenvalue weighted by molar-refractivity contribution is -0.154. The van der Waals surface area contributed by atoms with Crippen LogP contribution in [0.25, 0.3) is 0 Å². The zero-order valence-electron chi connectivity index (χ0n) is 24.7. The highest BCUT2D eigenvalue weighted by Gasteiger charge is 2.78. The number of hydrogen-bond acceptors (Lipinski definition) is 7. The van der Waals surface area contributed by atoms with Crippen molar-refractivity contribution in [3.05, 3.63) is 61.2 Å². The Labute approximate surface area is 248 Å². The topological polar surface area (TPSA) is 103 Å². The summed E-state index contributed by atoms with van der Waals surface area (Å²) in [6, 6.07) is 8.80. The minimum Gasteiger partial charge on any atom is -0.395 e. The second-order valence-corrected chi connectivity index (χ2v) is 12.0. The molecular formula is C32H44N4O6. The number of hydrogen-bond donors (Lipinski definition) is 1. The van der Waals surface area contributed by atoms with E-state index >= 15 is 0 Å². The predicted octanol–water partition coefficient (Wildman–Crippen LogP) is 1.31. The molecule has 2 unspecified atom stereocenters. The second kappa shape index (κ2) is 12.7. The van der Waals surface area contributed by atoms with E-state index in [9.17, 15) is 19.5 Å². The van der Waals surface area contributed by atoms with E-state index in [1.807, 2.05) is 37.3 Å². The third-order valence-electron chi connectivity index (χ3n) is 9.45. The lowest BCUT2D eigenvalue weighted by Crippen LogP contribution is -2.57. The van der Waals surface area contributed by atoms with Crippen molar-refractivity contribution in [2.75, 3.05) is 65.6 Å². The van der Waals surface area contributed by atoms with Crippen LogP contribution < -0.4 is 0 Å². The van der Waals surface area contributed by atoms with Crippen molar-refractivity contribution in [3.8, 4) is 0 Å². The number of carbonyl (C=O) groups is 3. The van der Waals surface area contributed by atoms with Crippen molar-refractivity contribution in [1.29, 1.82) is 0 Å². The summed E-state index contributed by atoms with van der Waals surface area (Å²) in [6.07, 6.45) is 4.44. The first kappa shape index (κ1) is 30.4. The summed E-state index contributed by atoms with van der Waals surface area (Å²) in [6.45, 7) is 14.4. The van der Waals surface area contributed by atoms with Crippen molar-refractivity contribution in [1.82, 2.24) is 19.6 Å². The second-order valence-electron chi connectivity index (χ2n) is 12.0. The quantitative estimate of drug-likeness (QED) is 0.351. The lowest BCUT2D eigenvalue weighted by Gasteiger charge is -2.37. The number of aliphatic hydroxyl groups excluding tert-OH is 1. The smallest absolute Gasteiger partial charge is 0.248 e. The highest BCUT2D eigenvalue weighted by molar-refractivity contribution is 5.99. The zero-order chi connectivity index (χ0) is 29.9. The van der Waals surface area contributed by atoms with Gasteiger partial charge in [-0.25, -0.2) is 0 Å². The number of amides is 3. The number of ether oxygens (including phenoxy) is 2. The molecule has 1 spiro atoms. The molecule has 42 heavy (non-hydrogen) atoms. The lowest BCUT2D eigenvalue weighted by atomic mass is 9.66. The van der Waals surface area contributed by atoms with Crippen LogP contribution in [0, 0.1) is 11.8 Å². The van der Waals surface area contributed by atoms with E-state index in [0.29, 0.717) is 58.8 Å². The Hall–Kier alpha value is -3.05. The van der Waals surface area contributed by atoms with Gasteiger partial charge in [0.2, 0.25) is 17.7 Å². The zero-order valence-corrected chi connectivity index (χ0v) is 24.7. The van der Waals surface area contributed by atoms with E-state index in [-0.39, 0.29) is 30.9 Å². The molecule has 4 saturated heterocycles. The molecule has 3 amide bonds. The molecule has 4 aliphatic heterocycles. The van der Waals surface area contributed by atoms with Gasteiger partial charge in [0, 0.05) is 52.4 Å². The fraction of sp³-hybridized carbons (Fsp3) is 0.594. The van der Waals surface area contributed by atoms with E-state index in [1.54, 1.807) is 22.0 Å². The molecule has 1 N–H and O–H groups in total. The van der Waals surface area contributed by atoms with Crippen LogP contribution in [0.3, 0.4) is 0 Å². The average molecular weight is 581 g/mol. The number of benzene rings is 1. The number of rotatable bonds is 13. The third kappa shape index (κ3) is 5.41. The van der Waals surface area contributed by atoms with E-state index in [2.05, 4.69) is 18.1 Å². The fourth-order valence-corrected chi connectivity index (χ4v) is 7.53. The number of morpholine rings is 1. The van der Waals surface area contributed by atoms with Crippen molar-refractivity contribution >= 4 is 17.7 Å². The van der Waals surface area contributed by atoms with Gasteiger partial charge in [0.15, 0.2) is 0 Å². The first-order chi connectivity index (χ1) is 20.3. The number of aliphatic hydroxyl groups is 1. The summed E-state index contributed by atoms with van der Waals surface area (Å²) in [7, 11) is 0. The molecule has 228 valence electrons. The SMILES string of the molecule is C=CCN(CCN1CCOCC1)C(=O)C1N(CCO)C(=O)[C@@H]2[C@@H](C(=O)N(CC=C)Cc3ccccc3)[C@@]3(C)CCC12O3. The molecule has 1 aromatic rings. The van der Waals surface area contributed by atoms with Gasteiger partial charge in [-0.05, 0) is 25.3 Å². The summed E-state index contributed by atoms with van der Waals surface area (Å²) in [5.74, 6) is -2.25. The largest absolute Gasteiger partial charge is 0.395 e. The Bertz CT molecular complexity index is 1170. The Morgan fingerprint density at radius 3 is 2.40 bits per heavy atom. The summed E-state index contributed by atoms with van der Waals surface area (Å²) in [5, 5.41) is 9.96. The molecule has 4 fully saturated rings. The Morgan fingerprint density at radius 1 is 1.05 bits per heavy atom. The fourth-order valence-electron chi connectivity index (χ4n) is 7.53. The molecule has 4 aliphatic rings. The van der Waals surface area contributed by atoms with Crippen LogP contribution in [0.2, 0.25) is 0 Å². The predicted molar refractivity (Wildman–Crippen MR) is 157 cm³/mol. The Balaban J connectivity index is 1.45. The summed E-state index contributed by atoms with van der Waals surface area (Å²) in [4.78, 5) is 50.1. The molecule has 2 bridgehead atoms. The number of likely N-dealkylation sites (tertiary alicyclic amines) is 1. The first-order valence-corrected chi connectivity index (χ1v) is 15.0. The van der Waals surface area contributed by atoms with Crippen LogP contribution in [-0.4, -0.2) is 125 Å². The number of β-amino-alcohol motifs (C(OH)–C–C–N with tert-alkyl or cyclic N) is 1. The third-order valence-corrected chi connectivity index (χ3v) is 9.45. The van der Waals surface area contributed by atoms with Crippen LogP contribution in [-0.2, 0) is 30.4 Å². The molecule has 4 heterocycles. The number of carbonyl (C=O) groups excluding carboxylic acids is 3. The van der Waals surface area contributed by atoms with E-state index in [4.69, 9.17) is 9.47 Å². The molecule has 0 radical (unpaired) electrons. The Morgan fingerprint density at radius 2 is 1.74 bits per heavy atom. The van der Waals surface area contributed by atoms with Crippen LogP contribution in [0.5, 0.6) is 0 Å². The minimum absolute atomic E-state index is 0.000253. The maximum atomic E-state index is 14.4. The standard InChI is InChI=1S/C32H44N4O6/c1-4-13-34(16-15-33-18-21-41-22-19-33)30(40)27-32-12-11-31(3,42-32)25(26(32)29(39)36(27)17-20-37)28(38)35(14-5-2)23-24-9-7-6-8-10-24/h4-10,25-27,37H,1-2,11-23H2,3H3/t25-,26-,27?,31+,32?/m0/s1. The van der Waals surface area contributed by atoms with Crippen LogP contribution in [0.1, 0.15) is 25.3 Å². The van der Waals surface area contributed by atoms with Gasteiger partial charge < -0.3 is 29.3 Å². The van der Waals surface area contributed by atoms with Gasteiger partial charge in [-0.15, -0.1) is 13.2 Å². The Kier molecular flexibility index (Phi) is 9.17. The molecule has 0 aromatic heterocycles. The molecule has 5 rings (SSSR count). The maximum Gasteiger partial charge on any atom is 0.248 e. The van der Waals surface area contributed by atoms with Gasteiger partial charge in [0.05, 0.1) is 37.3 Å². The molecule has 0 saturated carbocycles. The summed E-state index contributed by atoms with van der Waals surface area (Å²) < 4.78 is 12.2. The maximum absolute atomic E-state index is 14.4. The minimum atomic E-state index is -1.14. The molecular weight excluding hydrogens is 536 g/mol.